The molecule has 1 unspecified atom stereocenters. The van der Waals surface area contributed by atoms with Crippen LogP contribution >= 0.6 is 0 Å². The molecule has 0 saturated heterocycles. The lowest BCUT2D eigenvalue weighted by Gasteiger charge is -2.10. The minimum Gasteiger partial charge on any atom is -0.481 e. The average Bonchev–Trinajstić information content (AvgIpc) is 2.32. The average molecular weight is 276 g/mol. The second-order valence-corrected chi connectivity index (χ2v) is 3.82. The number of carboxylic acids is 1. The first-order valence-electron chi connectivity index (χ1n) is 5.23. The molecular formula is C11H11F3N2O3. The summed E-state index contributed by atoms with van der Waals surface area (Å²) in [6, 6.07) is -0.0132. The van der Waals surface area contributed by atoms with E-state index in [4.69, 9.17) is 5.11 Å². The first-order valence-corrected chi connectivity index (χ1v) is 5.23. The third-order valence-electron chi connectivity index (χ3n) is 2.23. The third kappa shape index (κ3) is 4.16. The number of anilines is 1. The maximum Gasteiger partial charge on any atom is 0.319 e. The largest absolute Gasteiger partial charge is 0.481 e. The number of aliphatic carboxylic acids is 1. The van der Waals surface area contributed by atoms with E-state index in [0.717, 1.165) is 0 Å². The molecule has 0 fully saturated rings. The van der Waals surface area contributed by atoms with Crippen LogP contribution in [0.4, 0.5) is 23.7 Å². The number of benzene rings is 1. The zero-order valence-corrected chi connectivity index (χ0v) is 9.84. The second kappa shape index (κ2) is 6.07. The molecule has 0 saturated carbocycles. The van der Waals surface area contributed by atoms with Crippen LogP contribution in [0.15, 0.2) is 12.1 Å². The Labute approximate surface area is 106 Å². The van der Waals surface area contributed by atoms with Crippen molar-refractivity contribution in [1.29, 1.82) is 0 Å². The van der Waals surface area contributed by atoms with E-state index in [2.05, 4.69) is 5.32 Å². The summed E-state index contributed by atoms with van der Waals surface area (Å²) in [5, 5.41) is 12.6. The molecule has 0 aliphatic heterocycles. The van der Waals surface area contributed by atoms with Gasteiger partial charge in [-0.3, -0.25) is 4.79 Å². The Morgan fingerprint density at radius 3 is 2.53 bits per heavy atom. The van der Waals surface area contributed by atoms with Crippen molar-refractivity contribution in [3.05, 3.63) is 29.6 Å². The summed E-state index contributed by atoms with van der Waals surface area (Å²) < 4.78 is 38.9. The molecule has 0 aromatic heterocycles. The van der Waals surface area contributed by atoms with E-state index in [1.807, 2.05) is 5.32 Å². The van der Waals surface area contributed by atoms with Crippen molar-refractivity contribution in [2.75, 3.05) is 11.9 Å². The van der Waals surface area contributed by atoms with Gasteiger partial charge in [0, 0.05) is 18.7 Å². The number of amides is 2. The van der Waals surface area contributed by atoms with Crippen molar-refractivity contribution >= 4 is 17.7 Å². The van der Waals surface area contributed by atoms with Gasteiger partial charge in [-0.25, -0.2) is 18.0 Å². The molecule has 19 heavy (non-hydrogen) atoms. The molecular weight excluding hydrogens is 265 g/mol. The third-order valence-corrected chi connectivity index (χ3v) is 2.23. The quantitative estimate of drug-likeness (QED) is 0.735. The number of halogens is 3. The number of hydrogen-bond donors (Lipinski definition) is 3. The van der Waals surface area contributed by atoms with Crippen molar-refractivity contribution < 1.29 is 27.9 Å². The first kappa shape index (κ1) is 14.8. The monoisotopic (exact) mass is 276 g/mol. The van der Waals surface area contributed by atoms with Gasteiger partial charge in [-0.1, -0.05) is 6.92 Å². The topological polar surface area (TPSA) is 78.4 Å². The normalized spacial score (nSPS) is 11.8. The van der Waals surface area contributed by atoms with Crippen molar-refractivity contribution in [2.24, 2.45) is 5.92 Å². The van der Waals surface area contributed by atoms with Gasteiger partial charge in [-0.05, 0) is 0 Å². The van der Waals surface area contributed by atoms with Gasteiger partial charge in [0.25, 0.3) is 0 Å². The fourth-order valence-corrected chi connectivity index (χ4v) is 1.15. The van der Waals surface area contributed by atoms with Crippen LogP contribution in [0.5, 0.6) is 0 Å². The van der Waals surface area contributed by atoms with Gasteiger partial charge < -0.3 is 15.7 Å². The summed E-state index contributed by atoms with van der Waals surface area (Å²) in [7, 11) is 0. The number of carboxylic acid groups (broad SMARTS) is 1. The Kier molecular flexibility index (Phi) is 4.74. The first-order chi connectivity index (χ1) is 8.81. The molecule has 8 heteroatoms. The van der Waals surface area contributed by atoms with Crippen LogP contribution < -0.4 is 10.6 Å². The number of rotatable bonds is 4. The molecule has 0 heterocycles. The molecule has 2 amide bonds. The molecule has 0 aliphatic carbocycles. The van der Waals surface area contributed by atoms with Crippen molar-refractivity contribution in [3.8, 4) is 0 Å². The molecule has 5 nitrogen and oxygen atoms in total. The summed E-state index contributed by atoms with van der Waals surface area (Å²) in [5.41, 5.74) is -0.669. The fourth-order valence-electron chi connectivity index (χ4n) is 1.15. The lowest BCUT2D eigenvalue weighted by Crippen LogP contribution is -2.34. The highest BCUT2D eigenvalue weighted by atomic mass is 19.2. The summed E-state index contributed by atoms with van der Waals surface area (Å²) >= 11 is 0. The lowest BCUT2D eigenvalue weighted by molar-refractivity contribution is -0.140. The lowest BCUT2D eigenvalue weighted by atomic mass is 10.2. The van der Waals surface area contributed by atoms with Crippen LogP contribution in [0.2, 0.25) is 0 Å². The van der Waals surface area contributed by atoms with Crippen molar-refractivity contribution in [2.45, 2.75) is 6.92 Å². The predicted molar refractivity (Wildman–Crippen MR) is 60.1 cm³/mol. The van der Waals surface area contributed by atoms with Gasteiger partial charge in [-0.15, -0.1) is 0 Å². The summed E-state index contributed by atoms with van der Waals surface area (Å²) in [6.07, 6.45) is 0. The summed E-state index contributed by atoms with van der Waals surface area (Å²) in [6.45, 7) is 1.14. The zero-order chi connectivity index (χ0) is 14.6. The highest BCUT2D eigenvalue weighted by molar-refractivity contribution is 5.89. The Balaban J connectivity index is 2.65. The van der Waals surface area contributed by atoms with E-state index >= 15 is 0 Å². The summed E-state index contributed by atoms with van der Waals surface area (Å²) in [5.74, 6) is -5.85. The molecule has 104 valence electrons. The Morgan fingerprint density at radius 2 is 1.95 bits per heavy atom. The highest BCUT2D eigenvalue weighted by Gasteiger charge is 2.15. The van der Waals surface area contributed by atoms with Crippen LogP contribution in [0, 0.1) is 23.4 Å². The van der Waals surface area contributed by atoms with E-state index in [-0.39, 0.29) is 6.54 Å². The van der Waals surface area contributed by atoms with Crippen molar-refractivity contribution in [3.63, 3.8) is 0 Å². The van der Waals surface area contributed by atoms with Crippen LogP contribution in [-0.4, -0.2) is 23.7 Å². The maximum absolute atomic E-state index is 13.2. The van der Waals surface area contributed by atoms with Gasteiger partial charge >= 0.3 is 12.0 Å². The molecule has 0 aliphatic rings. The van der Waals surface area contributed by atoms with Gasteiger partial charge in [0.1, 0.15) is 5.82 Å². The zero-order valence-electron chi connectivity index (χ0n) is 9.84. The van der Waals surface area contributed by atoms with Crippen molar-refractivity contribution in [1.82, 2.24) is 5.32 Å². The van der Waals surface area contributed by atoms with Gasteiger partial charge in [-0.2, -0.15) is 0 Å². The number of urea groups is 1. The Bertz CT molecular complexity index is 508. The molecule has 1 rings (SSSR count). The molecule has 1 aromatic carbocycles. The molecule has 1 aromatic rings. The molecule has 3 N–H and O–H groups in total. The highest BCUT2D eigenvalue weighted by Crippen LogP contribution is 2.18. The summed E-state index contributed by atoms with van der Waals surface area (Å²) in [4.78, 5) is 21.8. The molecule has 0 spiro atoms. The standard InChI is InChI=1S/C11H11F3N2O3/c1-5(10(17)18)4-15-11(19)16-8-3-6(12)2-7(13)9(8)14/h2-3,5H,4H2,1H3,(H,17,18)(H2,15,16,19). The van der Waals surface area contributed by atoms with E-state index in [1.165, 1.54) is 6.92 Å². The number of nitrogens with one attached hydrogen (secondary N) is 2. The SMILES string of the molecule is CC(CNC(=O)Nc1cc(F)cc(F)c1F)C(=O)O. The van der Waals surface area contributed by atoms with Crippen LogP contribution in [0.3, 0.4) is 0 Å². The Morgan fingerprint density at radius 1 is 1.32 bits per heavy atom. The maximum atomic E-state index is 13.2. The number of carbonyl (C=O) groups is 2. The number of hydrogen-bond acceptors (Lipinski definition) is 2. The Hall–Kier alpha value is -2.25. The van der Waals surface area contributed by atoms with Gasteiger partial charge in [0.05, 0.1) is 11.6 Å². The van der Waals surface area contributed by atoms with Gasteiger partial charge in [0.2, 0.25) is 0 Å². The van der Waals surface area contributed by atoms with Gasteiger partial charge in [0.15, 0.2) is 11.6 Å². The van der Waals surface area contributed by atoms with E-state index in [1.54, 1.807) is 0 Å². The van der Waals surface area contributed by atoms with Crippen LogP contribution in [0.25, 0.3) is 0 Å². The van der Waals surface area contributed by atoms with E-state index in [0.29, 0.717) is 12.1 Å². The second-order valence-electron chi connectivity index (χ2n) is 3.82. The minimum atomic E-state index is -1.44. The number of carbonyl (C=O) groups excluding carboxylic acids is 1. The fraction of sp³-hybridized carbons (Fsp3) is 0.273. The van der Waals surface area contributed by atoms with Crippen LogP contribution in [-0.2, 0) is 4.79 Å². The predicted octanol–water partition coefficient (Wildman–Crippen LogP) is 1.95. The molecule has 0 bridgehead atoms. The smallest absolute Gasteiger partial charge is 0.319 e. The van der Waals surface area contributed by atoms with E-state index in [9.17, 15) is 22.8 Å². The van der Waals surface area contributed by atoms with Crippen LogP contribution in [0.1, 0.15) is 6.92 Å². The molecule has 1 atom stereocenters. The van der Waals surface area contributed by atoms with E-state index < -0.39 is 41.1 Å². The minimum absolute atomic E-state index is 0.208. The molecule has 0 radical (unpaired) electrons.